The van der Waals surface area contributed by atoms with E-state index in [0.717, 1.165) is 32.1 Å². The zero-order valence-corrected chi connectivity index (χ0v) is 13.2. The third kappa shape index (κ3) is 5.31. The summed E-state index contributed by atoms with van der Waals surface area (Å²) in [6, 6.07) is 0.0170. The first-order valence-electron chi connectivity index (χ1n) is 7.68. The van der Waals surface area contributed by atoms with E-state index in [1.807, 2.05) is 11.9 Å². The molecule has 2 aliphatic heterocycles. The molecule has 0 spiro atoms. The van der Waals surface area contributed by atoms with Crippen molar-refractivity contribution in [1.82, 2.24) is 15.1 Å². The molecule has 2 rings (SSSR count). The summed E-state index contributed by atoms with van der Waals surface area (Å²) in [4.78, 5) is 7.72. The minimum absolute atomic E-state index is 0.0170. The van der Waals surface area contributed by atoms with E-state index in [1.54, 1.807) is 7.05 Å². The predicted octanol–water partition coefficient (Wildman–Crippen LogP) is 1.17. The Kier molecular flexibility index (Phi) is 5.91. The first-order chi connectivity index (χ1) is 10.4. The maximum atomic E-state index is 12.4. The molecule has 2 unspecified atom stereocenters. The standard InChI is InChI=1S/C14H25F3N4O/c1-18-13(20(2)7-11-4-6-22-9-11)19-12-3-5-21(8-12)10-14(15,16)17/h11-12H,3-10H2,1-2H3,(H,18,19). The monoisotopic (exact) mass is 322 g/mol. The Balaban J connectivity index is 1.78. The van der Waals surface area contributed by atoms with Gasteiger partial charge in [-0.15, -0.1) is 0 Å². The van der Waals surface area contributed by atoms with Gasteiger partial charge in [-0.1, -0.05) is 0 Å². The van der Waals surface area contributed by atoms with E-state index in [9.17, 15) is 13.2 Å². The van der Waals surface area contributed by atoms with E-state index in [1.165, 1.54) is 4.90 Å². The molecule has 8 heteroatoms. The third-order valence-electron chi connectivity index (χ3n) is 4.14. The van der Waals surface area contributed by atoms with Gasteiger partial charge < -0.3 is 15.0 Å². The molecule has 22 heavy (non-hydrogen) atoms. The van der Waals surface area contributed by atoms with Crippen molar-refractivity contribution < 1.29 is 17.9 Å². The van der Waals surface area contributed by atoms with Gasteiger partial charge in [-0.05, 0) is 12.8 Å². The number of likely N-dealkylation sites (tertiary alicyclic amines) is 1. The molecule has 2 heterocycles. The first-order valence-corrected chi connectivity index (χ1v) is 7.68. The Hall–Kier alpha value is -1.02. The van der Waals surface area contributed by atoms with E-state index < -0.39 is 12.7 Å². The number of nitrogens with zero attached hydrogens (tertiary/aromatic N) is 3. The van der Waals surface area contributed by atoms with Gasteiger partial charge in [-0.25, -0.2) is 0 Å². The molecule has 2 atom stereocenters. The Morgan fingerprint density at radius 1 is 1.41 bits per heavy atom. The van der Waals surface area contributed by atoms with Crippen LogP contribution in [0.25, 0.3) is 0 Å². The van der Waals surface area contributed by atoms with Crippen LogP contribution >= 0.6 is 0 Å². The normalized spacial score (nSPS) is 27.4. The summed E-state index contributed by atoms with van der Waals surface area (Å²) in [5, 5.41) is 3.28. The van der Waals surface area contributed by atoms with Crippen molar-refractivity contribution >= 4 is 5.96 Å². The van der Waals surface area contributed by atoms with E-state index in [4.69, 9.17) is 4.74 Å². The highest BCUT2D eigenvalue weighted by atomic mass is 19.4. The molecule has 0 aromatic heterocycles. The molecule has 0 saturated carbocycles. The van der Waals surface area contributed by atoms with Crippen molar-refractivity contribution in [2.24, 2.45) is 10.9 Å². The average molecular weight is 322 g/mol. The van der Waals surface area contributed by atoms with Crippen molar-refractivity contribution in [3.63, 3.8) is 0 Å². The van der Waals surface area contributed by atoms with Crippen molar-refractivity contribution in [2.45, 2.75) is 25.1 Å². The number of nitrogens with one attached hydrogen (secondary N) is 1. The number of hydrogen-bond donors (Lipinski definition) is 1. The summed E-state index contributed by atoms with van der Waals surface area (Å²) in [6.45, 7) is 2.45. The minimum Gasteiger partial charge on any atom is -0.381 e. The van der Waals surface area contributed by atoms with Gasteiger partial charge in [0.15, 0.2) is 5.96 Å². The molecular weight excluding hydrogens is 297 g/mol. The lowest BCUT2D eigenvalue weighted by atomic mass is 10.1. The van der Waals surface area contributed by atoms with Gasteiger partial charge in [0, 0.05) is 52.3 Å². The fourth-order valence-electron chi connectivity index (χ4n) is 3.08. The fraction of sp³-hybridized carbons (Fsp3) is 0.929. The predicted molar refractivity (Wildman–Crippen MR) is 79.0 cm³/mol. The first kappa shape index (κ1) is 17.3. The molecule has 0 bridgehead atoms. The number of halogens is 3. The molecule has 0 aromatic rings. The van der Waals surface area contributed by atoms with E-state index >= 15 is 0 Å². The molecule has 0 aromatic carbocycles. The highest BCUT2D eigenvalue weighted by Crippen LogP contribution is 2.20. The minimum atomic E-state index is -4.13. The number of rotatable bonds is 4. The maximum absolute atomic E-state index is 12.4. The summed E-state index contributed by atoms with van der Waals surface area (Å²) in [5.41, 5.74) is 0. The summed E-state index contributed by atoms with van der Waals surface area (Å²) >= 11 is 0. The van der Waals surface area contributed by atoms with Crippen LogP contribution in [0.5, 0.6) is 0 Å². The zero-order valence-electron chi connectivity index (χ0n) is 13.2. The van der Waals surface area contributed by atoms with Crippen LogP contribution in [-0.2, 0) is 4.74 Å². The molecule has 0 aliphatic carbocycles. The van der Waals surface area contributed by atoms with Crippen LogP contribution < -0.4 is 5.32 Å². The lowest BCUT2D eigenvalue weighted by molar-refractivity contribution is -0.143. The van der Waals surface area contributed by atoms with Crippen molar-refractivity contribution in [3.05, 3.63) is 0 Å². The number of hydrogen-bond acceptors (Lipinski definition) is 3. The number of ether oxygens (including phenoxy) is 1. The average Bonchev–Trinajstić information content (AvgIpc) is 3.06. The highest BCUT2D eigenvalue weighted by molar-refractivity contribution is 5.80. The molecular formula is C14H25F3N4O. The van der Waals surface area contributed by atoms with Crippen molar-refractivity contribution in [2.75, 3.05) is 53.5 Å². The SMILES string of the molecule is CN=C(NC1CCN(CC(F)(F)F)C1)N(C)CC1CCOC1. The van der Waals surface area contributed by atoms with Crippen LogP contribution in [0.4, 0.5) is 13.2 Å². The van der Waals surface area contributed by atoms with Crippen molar-refractivity contribution in [1.29, 1.82) is 0 Å². The van der Waals surface area contributed by atoms with E-state index in [-0.39, 0.29) is 6.04 Å². The van der Waals surface area contributed by atoms with Crippen LogP contribution in [0.15, 0.2) is 4.99 Å². The molecule has 5 nitrogen and oxygen atoms in total. The molecule has 2 fully saturated rings. The summed E-state index contributed by atoms with van der Waals surface area (Å²) in [7, 11) is 3.66. The molecule has 2 saturated heterocycles. The molecule has 0 amide bonds. The van der Waals surface area contributed by atoms with Crippen LogP contribution in [0, 0.1) is 5.92 Å². The quantitative estimate of drug-likeness (QED) is 0.623. The summed E-state index contributed by atoms with van der Waals surface area (Å²) in [5.74, 6) is 1.24. The third-order valence-corrected chi connectivity index (χ3v) is 4.14. The van der Waals surface area contributed by atoms with Gasteiger partial charge in [-0.3, -0.25) is 9.89 Å². The van der Waals surface area contributed by atoms with Gasteiger partial charge in [-0.2, -0.15) is 13.2 Å². The Labute approximate surface area is 129 Å². The number of guanidine groups is 1. The van der Waals surface area contributed by atoms with Crippen molar-refractivity contribution in [3.8, 4) is 0 Å². The van der Waals surface area contributed by atoms with Gasteiger partial charge in [0.2, 0.25) is 0 Å². The molecule has 2 aliphatic rings. The second kappa shape index (κ2) is 7.50. The zero-order chi connectivity index (χ0) is 16.2. The second-order valence-electron chi connectivity index (χ2n) is 6.14. The maximum Gasteiger partial charge on any atom is 0.401 e. The lowest BCUT2D eigenvalue weighted by Crippen LogP contribution is -2.47. The topological polar surface area (TPSA) is 40.1 Å². The Bertz CT molecular complexity index is 383. The van der Waals surface area contributed by atoms with E-state index in [0.29, 0.717) is 25.4 Å². The Morgan fingerprint density at radius 2 is 2.18 bits per heavy atom. The highest BCUT2D eigenvalue weighted by Gasteiger charge is 2.34. The van der Waals surface area contributed by atoms with Crippen LogP contribution in [0.3, 0.4) is 0 Å². The fourth-order valence-corrected chi connectivity index (χ4v) is 3.08. The Morgan fingerprint density at radius 3 is 2.77 bits per heavy atom. The summed E-state index contributed by atoms with van der Waals surface area (Å²) in [6.07, 6.45) is -2.38. The second-order valence-corrected chi connectivity index (χ2v) is 6.14. The van der Waals surface area contributed by atoms with E-state index in [2.05, 4.69) is 10.3 Å². The van der Waals surface area contributed by atoms with Gasteiger partial charge >= 0.3 is 6.18 Å². The lowest BCUT2D eigenvalue weighted by Gasteiger charge is -2.27. The largest absolute Gasteiger partial charge is 0.401 e. The van der Waals surface area contributed by atoms with Gasteiger partial charge in [0.1, 0.15) is 0 Å². The molecule has 0 radical (unpaired) electrons. The molecule has 128 valence electrons. The smallest absolute Gasteiger partial charge is 0.381 e. The number of alkyl halides is 3. The summed E-state index contributed by atoms with van der Waals surface area (Å²) < 4.78 is 42.6. The number of aliphatic imine (C=N–C) groups is 1. The van der Waals surface area contributed by atoms with Gasteiger partial charge in [0.25, 0.3) is 0 Å². The van der Waals surface area contributed by atoms with Crippen LogP contribution in [0.1, 0.15) is 12.8 Å². The van der Waals surface area contributed by atoms with Gasteiger partial charge in [0.05, 0.1) is 13.2 Å². The van der Waals surface area contributed by atoms with Crippen LogP contribution in [0.2, 0.25) is 0 Å². The molecule has 1 N–H and O–H groups in total. The van der Waals surface area contributed by atoms with Crippen LogP contribution in [-0.4, -0.2) is 81.5 Å².